The number of carboxylic acid groups (broad SMARTS) is 2. The molecule has 4 unspecified atom stereocenters. The van der Waals surface area contributed by atoms with Crippen molar-refractivity contribution in [3.8, 4) is 0 Å². The number of carboxylic acids is 2. The average molecular weight is 513 g/mol. The van der Waals surface area contributed by atoms with E-state index in [1.165, 1.54) is 38.5 Å². The monoisotopic (exact) mass is 512 g/mol. The van der Waals surface area contributed by atoms with Crippen molar-refractivity contribution in [3.63, 3.8) is 0 Å². The van der Waals surface area contributed by atoms with Crippen LogP contribution in [0.25, 0.3) is 0 Å². The molecule has 8 nitrogen and oxygen atoms in total. The number of ether oxygens (including phenoxy) is 2. The molecule has 4 atom stereocenters. The first-order valence-corrected chi connectivity index (χ1v) is 14.1. The lowest BCUT2D eigenvalue weighted by atomic mass is 9.68. The zero-order chi connectivity index (χ0) is 26.8. The lowest BCUT2D eigenvalue weighted by Crippen LogP contribution is -2.45. The van der Waals surface area contributed by atoms with Crippen molar-refractivity contribution in [2.24, 2.45) is 23.7 Å². The number of hydrogen-bond donors (Lipinski definition) is 2. The Kier molecular flexibility index (Phi) is 16.9. The lowest BCUT2D eigenvalue weighted by molar-refractivity contribution is -0.172. The van der Waals surface area contributed by atoms with E-state index in [9.17, 15) is 29.4 Å². The third kappa shape index (κ3) is 12.2. The Morgan fingerprint density at radius 1 is 0.528 bits per heavy atom. The number of carbonyl (C=O) groups excluding carboxylic acids is 2. The maximum atomic E-state index is 12.8. The maximum absolute atomic E-state index is 12.8. The van der Waals surface area contributed by atoms with E-state index in [0.29, 0.717) is 12.8 Å². The summed E-state index contributed by atoms with van der Waals surface area (Å²) in [6.07, 6.45) is 14.4. The van der Waals surface area contributed by atoms with Crippen LogP contribution in [0.4, 0.5) is 0 Å². The topological polar surface area (TPSA) is 127 Å². The Morgan fingerprint density at radius 3 is 1.17 bits per heavy atom. The zero-order valence-corrected chi connectivity index (χ0v) is 22.4. The van der Waals surface area contributed by atoms with Gasteiger partial charge in [0.2, 0.25) is 0 Å². The first-order chi connectivity index (χ1) is 17.3. The first-order valence-electron chi connectivity index (χ1n) is 14.1. The second-order valence-corrected chi connectivity index (χ2v) is 10.2. The van der Waals surface area contributed by atoms with Crippen molar-refractivity contribution in [3.05, 3.63) is 0 Å². The highest BCUT2D eigenvalue weighted by molar-refractivity contribution is 5.86. The zero-order valence-electron chi connectivity index (χ0n) is 22.4. The molecule has 0 saturated heterocycles. The summed E-state index contributed by atoms with van der Waals surface area (Å²) in [5, 5.41) is 19.3. The molecule has 0 radical (unpaired) electrons. The molecular formula is C28H48O8. The van der Waals surface area contributed by atoms with Gasteiger partial charge in [-0.3, -0.25) is 19.2 Å². The van der Waals surface area contributed by atoms with Crippen molar-refractivity contribution < 1.29 is 38.9 Å². The Labute approximate surface area is 216 Å². The average Bonchev–Trinajstić information content (AvgIpc) is 2.85. The quantitative estimate of drug-likeness (QED) is 0.150. The van der Waals surface area contributed by atoms with Crippen LogP contribution in [0.5, 0.6) is 0 Å². The van der Waals surface area contributed by atoms with Gasteiger partial charge in [-0.05, 0) is 25.7 Å². The molecule has 36 heavy (non-hydrogen) atoms. The number of carbonyl (C=O) groups is 4. The van der Waals surface area contributed by atoms with Gasteiger partial charge in [-0.15, -0.1) is 0 Å². The maximum Gasteiger partial charge on any atom is 0.309 e. The molecular weight excluding hydrogens is 464 g/mol. The normalized spacial score (nSPS) is 21.6. The molecule has 8 heteroatoms. The Morgan fingerprint density at radius 2 is 0.833 bits per heavy atom. The van der Waals surface area contributed by atoms with Crippen LogP contribution in [0.1, 0.15) is 117 Å². The van der Waals surface area contributed by atoms with Gasteiger partial charge in [-0.2, -0.15) is 0 Å². The summed E-state index contributed by atoms with van der Waals surface area (Å²) in [5.74, 6) is -8.32. The molecule has 0 aromatic carbocycles. The van der Waals surface area contributed by atoms with Crippen molar-refractivity contribution in [1.29, 1.82) is 0 Å². The molecule has 1 rings (SSSR count). The molecule has 0 bridgehead atoms. The molecule has 0 spiro atoms. The summed E-state index contributed by atoms with van der Waals surface area (Å²) in [4.78, 5) is 49.2. The van der Waals surface area contributed by atoms with Crippen molar-refractivity contribution in [2.45, 2.75) is 117 Å². The van der Waals surface area contributed by atoms with Crippen LogP contribution in [0.3, 0.4) is 0 Å². The summed E-state index contributed by atoms with van der Waals surface area (Å²) in [5.41, 5.74) is 0. The first kappa shape index (κ1) is 31.9. The smallest absolute Gasteiger partial charge is 0.309 e. The van der Waals surface area contributed by atoms with Crippen LogP contribution in [-0.4, -0.2) is 47.3 Å². The molecule has 1 saturated carbocycles. The molecule has 1 fully saturated rings. The molecule has 0 aliphatic heterocycles. The van der Waals surface area contributed by atoms with Crippen LogP contribution >= 0.6 is 0 Å². The molecule has 1 aliphatic rings. The summed E-state index contributed by atoms with van der Waals surface area (Å²) < 4.78 is 10.7. The minimum absolute atomic E-state index is 0.181. The van der Waals surface area contributed by atoms with E-state index in [4.69, 9.17) is 9.47 Å². The molecule has 0 aromatic heterocycles. The minimum Gasteiger partial charge on any atom is -0.481 e. The molecule has 0 heterocycles. The fourth-order valence-corrected chi connectivity index (χ4v) is 4.95. The predicted octanol–water partition coefficient (Wildman–Crippen LogP) is 6.00. The SMILES string of the molecule is CCCCCCCCCOC(=O)C1CC(C(=O)OCCCCCCCCC)C(C(=O)O)CC1C(=O)O. The minimum atomic E-state index is -1.24. The highest BCUT2D eigenvalue weighted by Crippen LogP contribution is 2.40. The largest absolute Gasteiger partial charge is 0.481 e. The fourth-order valence-electron chi connectivity index (χ4n) is 4.95. The molecule has 0 aromatic rings. The van der Waals surface area contributed by atoms with Crippen molar-refractivity contribution >= 4 is 23.9 Å². The second kappa shape index (κ2) is 19.1. The third-order valence-electron chi connectivity index (χ3n) is 7.21. The predicted molar refractivity (Wildman–Crippen MR) is 136 cm³/mol. The Bertz CT molecular complexity index is 608. The van der Waals surface area contributed by atoms with Crippen LogP contribution in [0, 0.1) is 23.7 Å². The van der Waals surface area contributed by atoms with Crippen molar-refractivity contribution in [2.75, 3.05) is 13.2 Å². The summed E-state index contributed by atoms with van der Waals surface area (Å²) in [7, 11) is 0. The Balaban J connectivity index is 2.58. The van der Waals surface area contributed by atoms with Gasteiger partial charge in [-0.1, -0.05) is 90.9 Å². The summed E-state index contributed by atoms with van der Waals surface area (Å²) in [6.45, 7) is 4.72. The molecule has 1 aliphatic carbocycles. The van der Waals surface area contributed by atoms with E-state index in [0.717, 1.165) is 38.5 Å². The van der Waals surface area contributed by atoms with Gasteiger partial charge >= 0.3 is 23.9 Å². The highest BCUT2D eigenvalue weighted by Gasteiger charge is 2.50. The molecule has 2 N–H and O–H groups in total. The number of esters is 2. The highest BCUT2D eigenvalue weighted by atomic mass is 16.5. The van der Waals surface area contributed by atoms with Crippen LogP contribution in [-0.2, 0) is 28.7 Å². The van der Waals surface area contributed by atoms with E-state index in [1.807, 2.05) is 0 Å². The van der Waals surface area contributed by atoms with Gasteiger partial charge in [0.05, 0.1) is 36.9 Å². The van der Waals surface area contributed by atoms with Crippen molar-refractivity contribution in [1.82, 2.24) is 0 Å². The standard InChI is InChI=1S/C28H48O8/c1-3-5-7-9-11-13-15-17-35-27(33)23-20-24(22(26(31)32)19-21(23)25(29)30)28(34)36-18-16-14-12-10-8-6-4-2/h21-24H,3-20H2,1-2H3,(H,29,30)(H,31,32). The lowest BCUT2D eigenvalue weighted by Gasteiger charge is -2.35. The second-order valence-electron chi connectivity index (χ2n) is 10.2. The van der Waals surface area contributed by atoms with Gasteiger partial charge in [0, 0.05) is 0 Å². The fraction of sp³-hybridized carbons (Fsp3) is 0.857. The van der Waals surface area contributed by atoms with E-state index in [-0.39, 0.29) is 26.1 Å². The number of aliphatic carboxylic acids is 2. The van der Waals surface area contributed by atoms with Gasteiger partial charge in [0.1, 0.15) is 0 Å². The van der Waals surface area contributed by atoms with Gasteiger partial charge in [0.25, 0.3) is 0 Å². The van der Waals surface area contributed by atoms with Gasteiger partial charge in [-0.25, -0.2) is 0 Å². The third-order valence-corrected chi connectivity index (χ3v) is 7.21. The number of rotatable bonds is 20. The summed E-state index contributed by atoms with van der Waals surface area (Å²) >= 11 is 0. The van der Waals surface area contributed by atoms with E-state index >= 15 is 0 Å². The van der Waals surface area contributed by atoms with Gasteiger partial charge in [0.15, 0.2) is 0 Å². The number of hydrogen-bond acceptors (Lipinski definition) is 6. The van der Waals surface area contributed by atoms with Gasteiger partial charge < -0.3 is 19.7 Å². The van der Waals surface area contributed by atoms with E-state index < -0.39 is 47.5 Å². The summed E-state index contributed by atoms with van der Waals surface area (Å²) in [6, 6.07) is 0. The van der Waals surface area contributed by atoms with Crippen LogP contribution < -0.4 is 0 Å². The Hall–Kier alpha value is -2.12. The molecule has 208 valence electrons. The van der Waals surface area contributed by atoms with E-state index in [2.05, 4.69) is 13.8 Å². The van der Waals surface area contributed by atoms with Crippen LogP contribution in [0.2, 0.25) is 0 Å². The molecule has 0 amide bonds. The van der Waals surface area contributed by atoms with E-state index in [1.54, 1.807) is 0 Å². The number of unbranched alkanes of at least 4 members (excludes halogenated alkanes) is 12. The van der Waals surface area contributed by atoms with Crippen LogP contribution in [0.15, 0.2) is 0 Å².